The number of esters is 1. The first-order chi connectivity index (χ1) is 9.93. The van der Waals surface area contributed by atoms with Gasteiger partial charge < -0.3 is 9.47 Å². The number of hydrogen-bond acceptors (Lipinski definition) is 5. The van der Waals surface area contributed by atoms with Crippen LogP contribution in [0.25, 0.3) is 0 Å². The summed E-state index contributed by atoms with van der Waals surface area (Å²) in [7, 11) is -2.29. The maximum atomic E-state index is 12.7. The van der Waals surface area contributed by atoms with Crippen molar-refractivity contribution < 1.29 is 22.7 Å². The summed E-state index contributed by atoms with van der Waals surface area (Å²) in [4.78, 5) is 11.8. The van der Waals surface area contributed by atoms with Crippen LogP contribution in [0.3, 0.4) is 0 Å². The molecule has 0 aliphatic carbocycles. The maximum absolute atomic E-state index is 12.7. The molecule has 1 aromatic carbocycles. The summed E-state index contributed by atoms with van der Waals surface area (Å²) in [5, 5.41) is 0. The second kappa shape index (κ2) is 8.11. The van der Waals surface area contributed by atoms with E-state index in [9.17, 15) is 13.2 Å². The zero-order valence-corrected chi connectivity index (χ0v) is 13.4. The van der Waals surface area contributed by atoms with Crippen LogP contribution in [0, 0.1) is 6.92 Å². The minimum Gasteiger partial charge on any atom is -0.465 e. The first-order valence-electron chi connectivity index (χ1n) is 6.63. The first kappa shape index (κ1) is 17.6. The van der Waals surface area contributed by atoms with Crippen molar-refractivity contribution in [2.75, 3.05) is 33.4 Å². The van der Waals surface area contributed by atoms with Crippen LogP contribution in [0.2, 0.25) is 0 Å². The van der Waals surface area contributed by atoms with Crippen LogP contribution >= 0.6 is 0 Å². The zero-order chi connectivity index (χ0) is 15.9. The fraction of sp³-hybridized carbons (Fsp3) is 0.500. The third-order valence-corrected chi connectivity index (χ3v) is 4.87. The predicted octanol–water partition coefficient (Wildman–Crippen LogP) is 1.20. The van der Waals surface area contributed by atoms with E-state index in [2.05, 4.69) is 0 Å². The molecule has 118 valence electrons. The highest BCUT2D eigenvalue weighted by Gasteiger charge is 2.28. The summed E-state index contributed by atoms with van der Waals surface area (Å²) in [6.45, 7) is 3.56. The highest BCUT2D eigenvalue weighted by atomic mass is 32.2. The number of carbonyl (C=O) groups excluding carboxylic acids is 1. The van der Waals surface area contributed by atoms with Gasteiger partial charge in [0.1, 0.15) is 6.54 Å². The third kappa shape index (κ3) is 4.80. The summed E-state index contributed by atoms with van der Waals surface area (Å²) in [5.41, 5.74) is 0.628. The lowest BCUT2D eigenvalue weighted by Crippen LogP contribution is -2.38. The van der Waals surface area contributed by atoms with Gasteiger partial charge in [-0.05, 0) is 25.5 Å². The van der Waals surface area contributed by atoms with Crippen LogP contribution in [0.4, 0.5) is 0 Å². The summed E-state index contributed by atoms with van der Waals surface area (Å²) >= 11 is 0. The molecule has 0 radical (unpaired) electrons. The SMILES string of the molecule is CCOC(=O)CN(CCOC)S(=O)(=O)c1ccccc1C. The Labute approximate surface area is 125 Å². The molecular formula is C14H21NO5S. The Morgan fingerprint density at radius 2 is 1.95 bits per heavy atom. The number of nitrogens with zero attached hydrogens (tertiary/aromatic N) is 1. The number of hydrogen-bond donors (Lipinski definition) is 0. The Morgan fingerprint density at radius 1 is 1.29 bits per heavy atom. The number of sulfonamides is 1. The van der Waals surface area contributed by atoms with E-state index in [0.29, 0.717) is 5.56 Å². The lowest BCUT2D eigenvalue weighted by molar-refractivity contribution is -0.143. The number of benzene rings is 1. The van der Waals surface area contributed by atoms with Crippen molar-refractivity contribution in [3.05, 3.63) is 29.8 Å². The molecule has 6 nitrogen and oxygen atoms in total. The third-order valence-electron chi connectivity index (χ3n) is 2.87. The molecule has 0 aliphatic heterocycles. The number of methoxy groups -OCH3 is 1. The average Bonchev–Trinajstić information content (AvgIpc) is 2.43. The molecule has 0 aromatic heterocycles. The van der Waals surface area contributed by atoms with Crippen LogP contribution in [0.1, 0.15) is 12.5 Å². The van der Waals surface area contributed by atoms with E-state index in [1.54, 1.807) is 32.0 Å². The molecule has 0 heterocycles. The summed E-state index contributed by atoms with van der Waals surface area (Å²) in [6, 6.07) is 6.65. The Hall–Kier alpha value is -1.44. The van der Waals surface area contributed by atoms with Crippen LogP contribution in [0.5, 0.6) is 0 Å². The standard InChI is InChI=1S/C14H21NO5S/c1-4-20-14(16)11-15(9-10-19-3)21(17,18)13-8-6-5-7-12(13)2/h5-8H,4,9-11H2,1-3H3. The molecule has 1 aromatic rings. The number of ether oxygens (including phenoxy) is 2. The van der Waals surface area contributed by atoms with Crippen LogP contribution in [0.15, 0.2) is 29.2 Å². The summed E-state index contributed by atoms with van der Waals surface area (Å²) in [6.07, 6.45) is 0. The van der Waals surface area contributed by atoms with Gasteiger partial charge in [-0.2, -0.15) is 4.31 Å². The van der Waals surface area contributed by atoms with E-state index in [4.69, 9.17) is 9.47 Å². The van der Waals surface area contributed by atoms with Gasteiger partial charge in [-0.15, -0.1) is 0 Å². The fourth-order valence-electron chi connectivity index (χ4n) is 1.81. The van der Waals surface area contributed by atoms with Gasteiger partial charge in [-0.25, -0.2) is 8.42 Å². The maximum Gasteiger partial charge on any atom is 0.321 e. The van der Waals surface area contributed by atoms with Crippen molar-refractivity contribution in [1.29, 1.82) is 0 Å². The molecule has 0 unspecified atom stereocenters. The molecule has 1 rings (SSSR count). The smallest absolute Gasteiger partial charge is 0.321 e. The van der Waals surface area contributed by atoms with E-state index >= 15 is 0 Å². The van der Waals surface area contributed by atoms with Crippen molar-refractivity contribution >= 4 is 16.0 Å². The quantitative estimate of drug-likeness (QED) is 0.674. The van der Waals surface area contributed by atoms with E-state index in [0.717, 1.165) is 4.31 Å². The Balaban J connectivity index is 3.06. The van der Waals surface area contributed by atoms with Gasteiger partial charge in [0.15, 0.2) is 0 Å². The second-order valence-electron chi connectivity index (χ2n) is 4.40. The molecule has 0 bridgehead atoms. The normalized spacial score (nSPS) is 11.6. The minimum atomic E-state index is -3.76. The Morgan fingerprint density at radius 3 is 2.52 bits per heavy atom. The van der Waals surface area contributed by atoms with Gasteiger partial charge in [0.05, 0.1) is 18.1 Å². The molecule has 7 heteroatoms. The molecule has 0 spiro atoms. The topological polar surface area (TPSA) is 72.9 Å². The summed E-state index contributed by atoms with van der Waals surface area (Å²) < 4.78 is 36.1. The van der Waals surface area contributed by atoms with Gasteiger partial charge in [0.25, 0.3) is 0 Å². The second-order valence-corrected chi connectivity index (χ2v) is 6.31. The predicted molar refractivity (Wildman–Crippen MR) is 78.4 cm³/mol. The molecular weight excluding hydrogens is 294 g/mol. The Kier molecular flexibility index (Phi) is 6.80. The lowest BCUT2D eigenvalue weighted by Gasteiger charge is -2.21. The first-order valence-corrected chi connectivity index (χ1v) is 8.07. The van der Waals surface area contributed by atoms with Gasteiger partial charge in [0, 0.05) is 13.7 Å². The number of carbonyl (C=O) groups is 1. The van der Waals surface area contributed by atoms with Crippen molar-refractivity contribution in [2.24, 2.45) is 0 Å². The zero-order valence-electron chi connectivity index (χ0n) is 12.5. The number of rotatable bonds is 8. The molecule has 0 saturated carbocycles. The highest BCUT2D eigenvalue weighted by molar-refractivity contribution is 7.89. The fourth-order valence-corrected chi connectivity index (χ4v) is 3.41. The monoisotopic (exact) mass is 315 g/mol. The van der Waals surface area contributed by atoms with Gasteiger partial charge in [-0.3, -0.25) is 4.79 Å². The van der Waals surface area contributed by atoms with Crippen LogP contribution in [-0.2, 0) is 24.3 Å². The molecule has 0 amide bonds. The molecule has 0 aliphatic rings. The van der Waals surface area contributed by atoms with E-state index in [1.807, 2.05) is 0 Å². The average molecular weight is 315 g/mol. The van der Waals surface area contributed by atoms with Crippen molar-refractivity contribution in [2.45, 2.75) is 18.7 Å². The van der Waals surface area contributed by atoms with Crippen LogP contribution < -0.4 is 0 Å². The molecule has 21 heavy (non-hydrogen) atoms. The van der Waals surface area contributed by atoms with Gasteiger partial charge in [0.2, 0.25) is 10.0 Å². The van der Waals surface area contributed by atoms with E-state index < -0.39 is 16.0 Å². The highest BCUT2D eigenvalue weighted by Crippen LogP contribution is 2.19. The Bertz CT molecular complexity index is 570. The summed E-state index contributed by atoms with van der Waals surface area (Å²) in [5.74, 6) is -0.578. The van der Waals surface area contributed by atoms with E-state index in [1.165, 1.54) is 13.2 Å². The minimum absolute atomic E-state index is 0.0893. The molecule has 0 fully saturated rings. The van der Waals surface area contributed by atoms with Crippen LogP contribution in [-0.4, -0.2) is 52.1 Å². The molecule has 0 atom stereocenters. The van der Waals surface area contributed by atoms with E-state index in [-0.39, 0.29) is 31.2 Å². The number of aryl methyl sites for hydroxylation is 1. The lowest BCUT2D eigenvalue weighted by atomic mass is 10.2. The van der Waals surface area contributed by atoms with Crippen molar-refractivity contribution in [3.8, 4) is 0 Å². The van der Waals surface area contributed by atoms with Gasteiger partial charge >= 0.3 is 5.97 Å². The van der Waals surface area contributed by atoms with Crippen molar-refractivity contribution in [1.82, 2.24) is 4.31 Å². The largest absolute Gasteiger partial charge is 0.465 e. The molecule has 0 N–H and O–H groups in total. The molecule has 0 saturated heterocycles. The van der Waals surface area contributed by atoms with Crippen molar-refractivity contribution in [3.63, 3.8) is 0 Å². The van der Waals surface area contributed by atoms with Gasteiger partial charge in [-0.1, -0.05) is 18.2 Å².